The third-order valence-corrected chi connectivity index (χ3v) is 5.41. The summed E-state index contributed by atoms with van der Waals surface area (Å²) in [5, 5.41) is 2.90. The summed E-state index contributed by atoms with van der Waals surface area (Å²) in [6, 6.07) is 5.76. The van der Waals surface area contributed by atoms with Crippen molar-refractivity contribution in [1.82, 2.24) is 10.2 Å². The topological polar surface area (TPSA) is 32.3 Å². The molecule has 0 aliphatic carbocycles. The maximum Gasteiger partial charge on any atom is 0.254 e. The van der Waals surface area contributed by atoms with Crippen LogP contribution in [0.4, 0.5) is 4.39 Å². The second kappa shape index (κ2) is 6.05. The Balaban J connectivity index is 1.58. The molecule has 2 fully saturated rings. The first-order valence-electron chi connectivity index (χ1n) is 7.50. The van der Waals surface area contributed by atoms with Gasteiger partial charge in [0.1, 0.15) is 5.82 Å². The second-order valence-electron chi connectivity index (χ2n) is 6.22. The molecule has 1 N–H and O–H groups in total. The van der Waals surface area contributed by atoms with Gasteiger partial charge in [0.15, 0.2) is 0 Å². The maximum atomic E-state index is 13.7. The lowest BCUT2D eigenvalue weighted by Crippen LogP contribution is -2.43. The van der Waals surface area contributed by atoms with Crippen LogP contribution in [0.2, 0.25) is 0 Å². The van der Waals surface area contributed by atoms with Crippen LogP contribution in [0.15, 0.2) is 22.7 Å². The number of rotatable bonds is 3. The van der Waals surface area contributed by atoms with Crippen molar-refractivity contribution < 1.29 is 9.18 Å². The molecule has 0 saturated carbocycles. The highest BCUT2D eigenvalue weighted by Gasteiger charge is 2.38. The van der Waals surface area contributed by atoms with Gasteiger partial charge in [-0.05, 0) is 56.8 Å². The van der Waals surface area contributed by atoms with Crippen LogP contribution in [0.1, 0.15) is 36.0 Å². The average Bonchev–Trinajstić information content (AvgIpc) is 2.69. The van der Waals surface area contributed by atoms with Crippen LogP contribution in [-0.4, -0.2) is 36.5 Å². The highest BCUT2D eigenvalue weighted by Crippen LogP contribution is 2.37. The lowest BCUT2D eigenvalue weighted by molar-refractivity contribution is 0.0913. The number of carbonyl (C=O) groups excluding carboxylic acids is 1. The Hall–Kier alpha value is -0.940. The van der Waals surface area contributed by atoms with E-state index in [4.69, 9.17) is 0 Å². The van der Waals surface area contributed by atoms with Gasteiger partial charge in [-0.1, -0.05) is 15.9 Å². The number of hydrogen-bond acceptors (Lipinski definition) is 2. The minimum atomic E-state index is -0.473. The molecule has 1 aromatic rings. The summed E-state index contributed by atoms with van der Waals surface area (Å²) in [4.78, 5) is 14.6. The predicted octanol–water partition coefficient (Wildman–Crippen LogP) is 3.19. The summed E-state index contributed by atoms with van der Waals surface area (Å²) < 4.78 is 14.4. The summed E-state index contributed by atoms with van der Waals surface area (Å²) in [6.45, 7) is 0.644. The minimum Gasteiger partial charge on any atom is -0.352 e. The number of carbonyl (C=O) groups is 1. The van der Waals surface area contributed by atoms with Gasteiger partial charge in [0.25, 0.3) is 5.91 Å². The van der Waals surface area contributed by atoms with Gasteiger partial charge in [0.2, 0.25) is 0 Å². The molecule has 114 valence electrons. The monoisotopic (exact) mass is 354 g/mol. The Morgan fingerprint density at radius 3 is 2.71 bits per heavy atom. The number of benzene rings is 1. The van der Waals surface area contributed by atoms with E-state index in [1.54, 1.807) is 6.07 Å². The van der Waals surface area contributed by atoms with Crippen LogP contribution in [0.25, 0.3) is 0 Å². The van der Waals surface area contributed by atoms with Crippen molar-refractivity contribution in [1.29, 1.82) is 0 Å². The van der Waals surface area contributed by atoms with E-state index in [1.807, 2.05) is 0 Å². The fraction of sp³-hybridized carbons (Fsp3) is 0.562. The standard InChI is InChI=1S/C16H20BrFN2O/c1-20-12-3-4-13(20)7-10(6-12)9-19-16(21)14-8-11(17)2-5-15(14)18/h2,5,8,10,12-13H,3-4,6-7,9H2,1H3,(H,19,21). The minimum absolute atomic E-state index is 0.111. The number of fused-ring (bicyclic) bond motifs is 2. The molecule has 2 unspecified atom stereocenters. The van der Waals surface area contributed by atoms with Crippen molar-refractivity contribution in [2.45, 2.75) is 37.8 Å². The normalized spacial score (nSPS) is 28.6. The number of piperidine rings is 1. The Bertz CT molecular complexity index is 537. The molecule has 1 amide bonds. The molecular formula is C16H20BrFN2O. The molecule has 0 radical (unpaired) electrons. The third kappa shape index (κ3) is 3.14. The van der Waals surface area contributed by atoms with Crippen molar-refractivity contribution in [3.05, 3.63) is 34.1 Å². The van der Waals surface area contributed by atoms with E-state index in [2.05, 4.69) is 33.2 Å². The summed E-state index contributed by atoms with van der Waals surface area (Å²) in [6.07, 6.45) is 4.81. The molecule has 3 rings (SSSR count). The smallest absolute Gasteiger partial charge is 0.254 e. The Kier molecular flexibility index (Phi) is 4.31. The van der Waals surface area contributed by atoms with Crippen LogP contribution in [0.3, 0.4) is 0 Å². The van der Waals surface area contributed by atoms with Gasteiger partial charge in [-0.2, -0.15) is 0 Å². The van der Waals surface area contributed by atoms with Crippen LogP contribution >= 0.6 is 15.9 Å². The number of hydrogen-bond donors (Lipinski definition) is 1. The van der Waals surface area contributed by atoms with Gasteiger partial charge in [-0.15, -0.1) is 0 Å². The van der Waals surface area contributed by atoms with Gasteiger partial charge in [-0.3, -0.25) is 4.79 Å². The summed E-state index contributed by atoms with van der Waals surface area (Å²) >= 11 is 3.27. The lowest BCUT2D eigenvalue weighted by Gasteiger charge is -2.36. The fourth-order valence-corrected chi connectivity index (χ4v) is 4.06. The molecular weight excluding hydrogens is 335 g/mol. The van der Waals surface area contributed by atoms with Gasteiger partial charge in [-0.25, -0.2) is 4.39 Å². The van der Waals surface area contributed by atoms with Gasteiger partial charge in [0.05, 0.1) is 5.56 Å². The first-order valence-corrected chi connectivity index (χ1v) is 8.29. The highest BCUT2D eigenvalue weighted by molar-refractivity contribution is 9.10. The molecule has 0 aromatic heterocycles. The van der Waals surface area contributed by atoms with E-state index in [0.717, 1.165) is 12.8 Å². The van der Waals surface area contributed by atoms with Gasteiger partial charge < -0.3 is 10.2 Å². The van der Waals surface area contributed by atoms with E-state index >= 15 is 0 Å². The van der Waals surface area contributed by atoms with Crippen LogP contribution in [0, 0.1) is 11.7 Å². The Morgan fingerprint density at radius 1 is 1.38 bits per heavy atom. The molecule has 2 atom stereocenters. The quantitative estimate of drug-likeness (QED) is 0.903. The van der Waals surface area contributed by atoms with Crippen molar-refractivity contribution in [3.63, 3.8) is 0 Å². The summed E-state index contributed by atoms with van der Waals surface area (Å²) in [7, 11) is 2.20. The van der Waals surface area contributed by atoms with Crippen LogP contribution in [-0.2, 0) is 0 Å². The Morgan fingerprint density at radius 2 is 2.05 bits per heavy atom. The van der Waals surface area contributed by atoms with Crippen LogP contribution in [0.5, 0.6) is 0 Å². The summed E-state index contributed by atoms with van der Waals surface area (Å²) in [5.41, 5.74) is 0.111. The van der Waals surface area contributed by atoms with Crippen molar-refractivity contribution in [2.75, 3.05) is 13.6 Å². The maximum absolute atomic E-state index is 13.7. The van der Waals surface area contributed by atoms with Crippen molar-refractivity contribution in [3.8, 4) is 0 Å². The molecule has 0 spiro atoms. The second-order valence-corrected chi connectivity index (χ2v) is 7.14. The van der Waals surface area contributed by atoms with E-state index in [9.17, 15) is 9.18 Å². The highest BCUT2D eigenvalue weighted by atomic mass is 79.9. The third-order valence-electron chi connectivity index (χ3n) is 4.92. The van der Waals surface area contributed by atoms with Crippen molar-refractivity contribution >= 4 is 21.8 Å². The summed E-state index contributed by atoms with van der Waals surface area (Å²) in [5.74, 6) is -0.280. The molecule has 21 heavy (non-hydrogen) atoms. The van der Waals surface area contributed by atoms with E-state index in [-0.39, 0.29) is 11.5 Å². The first kappa shape index (κ1) is 15.0. The fourth-order valence-electron chi connectivity index (χ4n) is 3.69. The number of halogens is 2. The number of amides is 1. The first-order chi connectivity index (χ1) is 10.0. The van der Waals surface area contributed by atoms with E-state index in [0.29, 0.717) is 29.0 Å². The zero-order valence-corrected chi connectivity index (χ0v) is 13.7. The Labute approximate surface area is 133 Å². The van der Waals surface area contributed by atoms with Crippen molar-refractivity contribution in [2.24, 2.45) is 5.92 Å². The molecule has 2 bridgehead atoms. The number of nitrogens with zero attached hydrogens (tertiary/aromatic N) is 1. The van der Waals surface area contributed by atoms with E-state index < -0.39 is 5.82 Å². The molecule has 5 heteroatoms. The molecule has 2 saturated heterocycles. The zero-order valence-electron chi connectivity index (χ0n) is 12.1. The molecule has 2 aliphatic rings. The predicted molar refractivity (Wildman–Crippen MR) is 83.7 cm³/mol. The number of nitrogens with one attached hydrogen (secondary N) is 1. The molecule has 1 aromatic carbocycles. The zero-order chi connectivity index (χ0) is 15.0. The molecule has 2 aliphatic heterocycles. The van der Waals surface area contributed by atoms with Gasteiger partial charge >= 0.3 is 0 Å². The molecule has 3 nitrogen and oxygen atoms in total. The van der Waals surface area contributed by atoms with Gasteiger partial charge in [0, 0.05) is 23.1 Å². The van der Waals surface area contributed by atoms with Crippen LogP contribution < -0.4 is 5.32 Å². The average molecular weight is 355 g/mol. The molecule has 2 heterocycles. The lowest BCUT2D eigenvalue weighted by atomic mass is 9.91. The largest absolute Gasteiger partial charge is 0.352 e. The van der Waals surface area contributed by atoms with E-state index in [1.165, 1.54) is 25.0 Å². The SMILES string of the molecule is CN1C2CCC1CC(CNC(=O)c1cc(Br)ccc1F)C2.